The van der Waals surface area contributed by atoms with Gasteiger partial charge in [0, 0.05) is 25.2 Å². The first-order valence-electron chi connectivity index (χ1n) is 9.94. The highest BCUT2D eigenvalue weighted by Crippen LogP contribution is 2.31. The highest BCUT2D eigenvalue weighted by atomic mass is 16.3. The van der Waals surface area contributed by atoms with E-state index in [0.717, 1.165) is 48.9 Å². The van der Waals surface area contributed by atoms with E-state index < -0.39 is 6.04 Å². The predicted molar refractivity (Wildman–Crippen MR) is 108 cm³/mol. The summed E-state index contributed by atoms with van der Waals surface area (Å²) in [6.07, 6.45) is 8.00. The van der Waals surface area contributed by atoms with Crippen molar-refractivity contribution in [1.82, 2.24) is 10.6 Å². The zero-order valence-electron chi connectivity index (χ0n) is 16.0. The second-order valence-corrected chi connectivity index (χ2v) is 7.49. The van der Waals surface area contributed by atoms with Crippen molar-refractivity contribution in [2.45, 2.75) is 44.6 Å². The number of hydrogen-bond donors (Lipinski definition) is 2. The van der Waals surface area contributed by atoms with E-state index in [1.807, 2.05) is 24.4 Å². The van der Waals surface area contributed by atoms with Gasteiger partial charge in [-0.1, -0.05) is 19.3 Å². The van der Waals surface area contributed by atoms with Gasteiger partial charge in [-0.2, -0.15) is 0 Å². The summed E-state index contributed by atoms with van der Waals surface area (Å²) in [7, 11) is 1.60. The fraction of sp³-hybridized carbons (Fsp3) is 0.409. The molecule has 0 unspecified atom stereocenters. The average Bonchev–Trinajstić information content (AvgIpc) is 3.40. The van der Waals surface area contributed by atoms with E-state index >= 15 is 0 Å². The van der Waals surface area contributed by atoms with Crippen LogP contribution in [-0.4, -0.2) is 31.1 Å². The second kappa shape index (κ2) is 8.00. The first-order valence-corrected chi connectivity index (χ1v) is 9.94. The third-order valence-electron chi connectivity index (χ3n) is 5.67. The Hall–Kier alpha value is -2.89. The van der Waals surface area contributed by atoms with Gasteiger partial charge in [-0.15, -0.1) is 0 Å². The normalized spacial score (nSPS) is 17.2. The van der Waals surface area contributed by atoms with Crippen molar-refractivity contribution in [2.75, 3.05) is 7.05 Å². The van der Waals surface area contributed by atoms with Crippen LogP contribution in [0.15, 0.2) is 39.7 Å². The summed E-state index contributed by atoms with van der Waals surface area (Å²) < 4.78 is 5.81. The molecule has 2 amide bonds. The number of nitrogens with zero attached hydrogens (tertiary/aromatic N) is 1. The van der Waals surface area contributed by atoms with Gasteiger partial charge in [0.25, 0.3) is 5.91 Å². The molecule has 1 aliphatic carbocycles. The molecule has 1 aromatic carbocycles. The molecule has 1 atom stereocenters. The molecule has 2 aromatic rings. The molecular weight excluding hydrogens is 354 g/mol. The Balaban J connectivity index is 1.49. The van der Waals surface area contributed by atoms with E-state index in [4.69, 9.17) is 4.42 Å². The van der Waals surface area contributed by atoms with Crippen LogP contribution >= 0.6 is 0 Å². The Bertz CT molecular complexity index is 910. The maximum atomic E-state index is 12.7. The first-order chi connectivity index (χ1) is 13.7. The number of aliphatic imine (C=N–C) groups is 1. The van der Waals surface area contributed by atoms with Crippen molar-refractivity contribution in [3.63, 3.8) is 0 Å². The lowest BCUT2D eigenvalue weighted by Crippen LogP contribution is -2.50. The van der Waals surface area contributed by atoms with Gasteiger partial charge < -0.3 is 15.1 Å². The van der Waals surface area contributed by atoms with Crippen LogP contribution in [-0.2, 0) is 11.2 Å². The minimum Gasteiger partial charge on any atom is -0.451 e. The number of fused-ring (bicyclic) bond motifs is 1. The Morgan fingerprint density at radius 2 is 1.96 bits per heavy atom. The molecule has 1 aliphatic heterocycles. The van der Waals surface area contributed by atoms with Crippen LogP contribution in [0.5, 0.6) is 0 Å². The van der Waals surface area contributed by atoms with Crippen LogP contribution in [0.25, 0.3) is 11.3 Å². The second-order valence-electron chi connectivity index (χ2n) is 7.49. The van der Waals surface area contributed by atoms with E-state index in [-0.39, 0.29) is 23.5 Å². The van der Waals surface area contributed by atoms with Gasteiger partial charge in [-0.25, -0.2) is 0 Å². The molecule has 2 N–H and O–H groups in total. The summed E-state index contributed by atoms with van der Waals surface area (Å²) in [5.41, 5.74) is 3.05. The quantitative estimate of drug-likeness (QED) is 0.832. The summed E-state index contributed by atoms with van der Waals surface area (Å²) in [6.45, 7) is 0. The lowest BCUT2D eigenvalue weighted by atomic mass is 9.83. The minimum absolute atomic E-state index is 0.148. The maximum absolute atomic E-state index is 12.7. The predicted octanol–water partition coefficient (Wildman–Crippen LogP) is 3.63. The van der Waals surface area contributed by atoms with E-state index in [1.165, 1.54) is 6.42 Å². The fourth-order valence-electron chi connectivity index (χ4n) is 4.12. The summed E-state index contributed by atoms with van der Waals surface area (Å²) in [6, 6.07) is 8.87. The Morgan fingerprint density at radius 1 is 1.14 bits per heavy atom. The summed E-state index contributed by atoms with van der Waals surface area (Å²) in [5, 5.41) is 5.57. The van der Waals surface area contributed by atoms with Gasteiger partial charge >= 0.3 is 0 Å². The number of nitrogens with one attached hydrogen (secondary N) is 2. The number of likely N-dealkylation sites (N-methyl/N-ethyl adjacent to an activating group) is 1. The molecule has 2 aliphatic rings. The number of carbonyl (C=O) groups is 2. The third-order valence-corrected chi connectivity index (χ3v) is 5.67. The standard InChI is InChI=1S/C22H25N3O3/c1-23-22(27)20(14-5-3-2-4-6-14)25-21(26)19-10-9-18(28-19)16-7-8-17-15(13-16)11-12-24-17/h7-10,12-14,20H,2-6,11H2,1H3,(H,23,27)(H,25,26)/t20-/m0/s1. The van der Waals surface area contributed by atoms with Crippen LogP contribution in [0.2, 0.25) is 0 Å². The molecule has 0 saturated heterocycles. The number of carbonyl (C=O) groups excluding carboxylic acids is 2. The van der Waals surface area contributed by atoms with Gasteiger partial charge in [-0.05, 0) is 54.7 Å². The van der Waals surface area contributed by atoms with Gasteiger partial charge in [0.2, 0.25) is 5.91 Å². The van der Waals surface area contributed by atoms with Crippen LogP contribution in [0, 0.1) is 5.92 Å². The molecule has 0 spiro atoms. The average molecular weight is 379 g/mol. The molecular formula is C22H25N3O3. The molecule has 2 heterocycles. The molecule has 4 rings (SSSR count). The highest BCUT2D eigenvalue weighted by molar-refractivity contribution is 5.96. The van der Waals surface area contributed by atoms with Gasteiger partial charge in [-0.3, -0.25) is 14.6 Å². The number of furan rings is 1. The van der Waals surface area contributed by atoms with Crippen LogP contribution < -0.4 is 10.6 Å². The molecule has 0 radical (unpaired) electrons. The van der Waals surface area contributed by atoms with Crippen molar-refractivity contribution >= 4 is 23.7 Å². The number of hydrogen-bond acceptors (Lipinski definition) is 4. The fourth-order valence-corrected chi connectivity index (χ4v) is 4.12. The molecule has 6 heteroatoms. The zero-order chi connectivity index (χ0) is 19.5. The van der Waals surface area contributed by atoms with E-state index in [2.05, 4.69) is 15.6 Å². The zero-order valence-corrected chi connectivity index (χ0v) is 16.0. The van der Waals surface area contributed by atoms with E-state index in [1.54, 1.807) is 19.2 Å². The van der Waals surface area contributed by atoms with Crippen molar-refractivity contribution < 1.29 is 14.0 Å². The first kappa shape index (κ1) is 18.5. The maximum Gasteiger partial charge on any atom is 0.287 e. The van der Waals surface area contributed by atoms with E-state index in [9.17, 15) is 9.59 Å². The summed E-state index contributed by atoms with van der Waals surface area (Å²) in [4.78, 5) is 29.4. The molecule has 1 fully saturated rings. The van der Waals surface area contributed by atoms with Crippen LogP contribution in [0.1, 0.15) is 48.2 Å². The lowest BCUT2D eigenvalue weighted by Gasteiger charge is -2.29. The molecule has 1 aromatic heterocycles. The van der Waals surface area contributed by atoms with Crippen LogP contribution in [0.4, 0.5) is 5.69 Å². The monoisotopic (exact) mass is 379 g/mol. The Morgan fingerprint density at radius 3 is 2.75 bits per heavy atom. The van der Waals surface area contributed by atoms with Crippen LogP contribution in [0.3, 0.4) is 0 Å². The summed E-state index contributed by atoms with van der Waals surface area (Å²) in [5.74, 6) is 0.523. The largest absolute Gasteiger partial charge is 0.451 e. The minimum atomic E-state index is -0.525. The Labute approximate surface area is 164 Å². The Kier molecular flexibility index (Phi) is 5.28. The SMILES string of the molecule is CNC(=O)[C@@H](NC(=O)c1ccc(-c2ccc3c(c2)CC=N3)o1)C1CCCCC1. The number of amides is 2. The number of rotatable bonds is 5. The third kappa shape index (κ3) is 3.72. The smallest absolute Gasteiger partial charge is 0.287 e. The molecule has 0 bridgehead atoms. The van der Waals surface area contributed by atoms with Gasteiger partial charge in [0.05, 0.1) is 5.69 Å². The number of benzene rings is 1. The molecule has 6 nitrogen and oxygen atoms in total. The summed E-state index contributed by atoms with van der Waals surface area (Å²) >= 11 is 0. The van der Waals surface area contributed by atoms with E-state index in [0.29, 0.717) is 5.76 Å². The van der Waals surface area contributed by atoms with Crippen molar-refractivity contribution in [2.24, 2.45) is 10.9 Å². The van der Waals surface area contributed by atoms with Gasteiger partial charge in [0.1, 0.15) is 11.8 Å². The molecule has 28 heavy (non-hydrogen) atoms. The van der Waals surface area contributed by atoms with Crippen molar-refractivity contribution in [3.8, 4) is 11.3 Å². The van der Waals surface area contributed by atoms with Crippen molar-refractivity contribution in [1.29, 1.82) is 0 Å². The van der Waals surface area contributed by atoms with Crippen molar-refractivity contribution in [3.05, 3.63) is 41.7 Å². The molecule has 146 valence electrons. The highest BCUT2D eigenvalue weighted by Gasteiger charge is 2.31. The lowest BCUT2D eigenvalue weighted by molar-refractivity contribution is -0.124. The molecule has 1 saturated carbocycles. The topological polar surface area (TPSA) is 83.7 Å². The van der Waals surface area contributed by atoms with Gasteiger partial charge in [0.15, 0.2) is 5.76 Å².